The van der Waals surface area contributed by atoms with Crippen molar-refractivity contribution >= 4 is 11.8 Å². The number of aromatic nitrogens is 4. The molecule has 2 aromatic rings. The maximum absolute atomic E-state index is 4.52. The third-order valence-corrected chi connectivity index (χ3v) is 2.90. The molecule has 6 nitrogen and oxygen atoms in total. The van der Waals surface area contributed by atoms with Crippen molar-refractivity contribution in [2.45, 2.75) is 33.1 Å². The lowest BCUT2D eigenvalue weighted by Crippen LogP contribution is -2.12. The van der Waals surface area contributed by atoms with E-state index in [1.165, 1.54) is 0 Å². The normalized spacial score (nSPS) is 10.7. The molecule has 0 aromatic carbocycles. The van der Waals surface area contributed by atoms with Gasteiger partial charge in [0.2, 0.25) is 5.95 Å². The van der Waals surface area contributed by atoms with Gasteiger partial charge in [0, 0.05) is 43.2 Å². The van der Waals surface area contributed by atoms with Gasteiger partial charge in [-0.05, 0) is 19.4 Å². The minimum atomic E-state index is 0.336. The fraction of sp³-hybridized carbons (Fsp3) is 0.467. The summed E-state index contributed by atoms with van der Waals surface area (Å²) in [5, 5.41) is 6.51. The Balaban J connectivity index is 1.76. The fourth-order valence-corrected chi connectivity index (χ4v) is 1.84. The van der Waals surface area contributed by atoms with E-state index in [-0.39, 0.29) is 0 Å². The van der Waals surface area contributed by atoms with Crippen LogP contribution in [0.25, 0.3) is 0 Å². The average Bonchev–Trinajstić information content (AvgIpc) is 2.47. The van der Waals surface area contributed by atoms with Gasteiger partial charge in [-0.2, -0.15) is 0 Å². The van der Waals surface area contributed by atoms with Gasteiger partial charge in [0.25, 0.3) is 0 Å². The lowest BCUT2D eigenvalue weighted by Gasteiger charge is -2.10. The van der Waals surface area contributed by atoms with E-state index in [0.717, 1.165) is 36.8 Å². The van der Waals surface area contributed by atoms with Gasteiger partial charge < -0.3 is 10.6 Å². The van der Waals surface area contributed by atoms with Crippen LogP contribution in [0.15, 0.2) is 24.5 Å². The van der Waals surface area contributed by atoms with Crippen LogP contribution in [0.5, 0.6) is 0 Å². The van der Waals surface area contributed by atoms with Crippen LogP contribution in [0, 0.1) is 6.92 Å². The Morgan fingerprint density at radius 3 is 2.48 bits per heavy atom. The zero-order valence-electron chi connectivity index (χ0n) is 12.8. The van der Waals surface area contributed by atoms with Gasteiger partial charge in [-0.25, -0.2) is 19.9 Å². The first-order chi connectivity index (χ1) is 10.1. The van der Waals surface area contributed by atoms with E-state index < -0.39 is 0 Å². The Kier molecular flexibility index (Phi) is 5.43. The third kappa shape index (κ3) is 4.98. The van der Waals surface area contributed by atoms with Crippen molar-refractivity contribution in [2.75, 3.05) is 23.7 Å². The van der Waals surface area contributed by atoms with Crippen molar-refractivity contribution in [3.8, 4) is 0 Å². The molecule has 0 unspecified atom stereocenters. The maximum atomic E-state index is 4.52. The fourth-order valence-electron chi connectivity index (χ4n) is 1.84. The average molecular weight is 286 g/mol. The number of aryl methyl sites for hydroxylation is 1. The largest absolute Gasteiger partial charge is 0.370 e. The molecule has 2 rings (SSSR count). The number of nitrogens with one attached hydrogen (secondary N) is 2. The summed E-state index contributed by atoms with van der Waals surface area (Å²) >= 11 is 0. The highest BCUT2D eigenvalue weighted by Gasteiger charge is 2.05. The predicted octanol–water partition coefficient (Wildman–Crippen LogP) is 2.61. The molecule has 112 valence electrons. The lowest BCUT2D eigenvalue weighted by molar-refractivity contribution is 0.765. The van der Waals surface area contributed by atoms with Crippen LogP contribution in [0.3, 0.4) is 0 Å². The van der Waals surface area contributed by atoms with E-state index in [1.807, 2.05) is 13.0 Å². The van der Waals surface area contributed by atoms with Gasteiger partial charge in [0.15, 0.2) is 0 Å². The van der Waals surface area contributed by atoms with E-state index in [4.69, 9.17) is 0 Å². The van der Waals surface area contributed by atoms with Crippen molar-refractivity contribution in [3.05, 3.63) is 36.0 Å². The summed E-state index contributed by atoms with van der Waals surface area (Å²) in [6.45, 7) is 7.85. The van der Waals surface area contributed by atoms with Crippen LogP contribution in [-0.2, 0) is 0 Å². The summed E-state index contributed by atoms with van der Waals surface area (Å²) < 4.78 is 0. The van der Waals surface area contributed by atoms with Gasteiger partial charge in [-0.1, -0.05) is 13.8 Å². The Bertz CT molecular complexity index is 555. The number of anilines is 2. The number of nitrogens with zero attached hydrogens (tertiary/aromatic N) is 4. The first-order valence-electron chi connectivity index (χ1n) is 7.25. The molecule has 0 atom stereocenters. The Morgan fingerprint density at radius 2 is 1.76 bits per heavy atom. The van der Waals surface area contributed by atoms with Gasteiger partial charge in [-0.15, -0.1) is 0 Å². The minimum absolute atomic E-state index is 0.336. The molecule has 0 spiro atoms. The molecule has 0 saturated carbocycles. The summed E-state index contributed by atoms with van der Waals surface area (Å²) in [7, 11) is 0. The molecule has 0 fully saturated rings. The maximum Gasteiger partial charge on any atom is 0.222 e. The highest BCUT2D eigenvalue weighted by atomic mass is 15.1. The van der Waals surface area contributed by atoms with E-state index in [2.05, 4.69) is 44.4 Å². The molecule has 21 heavy (non-hydrogen) atoms. The quantitative estimate of drug-likeness (QED) is 0.762. The molecule has 0 aliphatic rings. The molecule has 0 bridgehead atoms. The smallest absolute Gasteiger partial charge is 0.222 e. The molecule has 2 N–H and O–H groups in total. The second-order valence-electron chi connectivity index (χ2n) is 5.19. The molecule has 2 heterocycles. The molecular weight excluding hydrogens is 264 g/mol. The highest BCUT2D eigenvalue weighted by molar-refractivity contribution is 5.36. The molecule has 6 heteroatoms. The summed E-state index contributed by atoms with van der Waals surface area (Å²) in [5.41, 5.74) is 0.993. The molecular formula is C15H22N6. The number of hydrogen-bond donors (Lipinski definition) is 2. The topological polar surface area (TPSA) is 75.6 Å². The van der Waals surface area contributed by atoms with Crippen molar-refractivity contribution in [1.29, 1.82) is 0 Å². The first kappa shape index (κ1) is 15.2. The van der Waals surface area contributed by atoms with Crippen LogP contribution < -0.4 is 10.6 Å². The molecule has 2 aromatic heterocycles. The van der Waals surface area contributed by atoms with Crippen LogP contribution in [-0.4, -0.2) is 33.0 Å². The highest BCUT2D eigenvalue weighted by Crippen LogP contribution is 2.13. The van der Waals surface area contributed by atoms with Gasteiger partial charge in [-0.3, -0.25) is 0 Å². The zero-order valence-corrected chi connectivity index (χ0v) is 12.8. The minimum Gasteiger partial charge on any atom is -0.370 e. The van der Waals surface area contributed by atoms with Crippen LogP contribution in [0.4, 0.5) is 11.8 Å². The molecule has 0 aliphatic carbocycles. The molecule has 0 saturated heterocycles. The van der Waals surface area contributed by atoms with E-state index in [0.29, 0.717) is 11.9 Å². The lowest BCUT2D eigenvalue weighted by atomic mass is 10.2. The SMILES string of the molecule is Cc1cc(NCCCNc2ncccn2)nc(C(C)C)n1. The Labute approximate surface area is 125 Å². The van der Waals surface area contributed by atoms with Crippen molar-refractivity contribution in [1.82, 2.24) is 19.9 Å². The van der Waals surface area contributed by atoms with Gasteiger partial charge >= 0.3 is 0 Å². The molecule has 0 radical (unpaired) electrons. The predicted molar refractivity (Wildman–Crippen MR) is 84.5 cm³/mol. The van der Waals surface area contributed by atoms with Crippen molar-refractivity contribution in [2.24, 2.45) is 0 Å². The number of hydrogen-bond acceptors (Lipinski definition) is 6. The van der Waals surface area contributed by atoms with Gasteiger partial charge in [0.1, 0.15) is 11.6 Å². The zero-order chi connectivity index (χ0) is 15.1. The second kappa shape index (κ2) is 7.52. The van der Waals surface area contributed by atoms with E-state index >= 15 is 0 Å². The Hall–Kier alpha value is -2.24. The second-order valence-corrected chi connectivity index (χ2v) is 5.19. The van der Waals surface area contributed by atoms with Gasteiger partial charge in [0.05, 0.1) is 0 Å². The summed E-state index contributed by atoms with van der Waals surface area (Å²) in [4.78, 5) is 17.2. The van der Waals surface area contributed by atoms with Crippen LogP contribution in [0.1, 0.15) is 37.7 Å². The van der Waals surface area contributed by atoms with Crippen molar-refractivity contribution < 1.29 is 0 Å². The van der Waals surface area contributed by atoms with Crippen LogP contribution >= 0.6 is 0 Å². The molecule has 0 amide bonds. The standard InChI is InChI=1S/C15H22N6/c1-11(2)14-20-12(3)10-13(21-14)16-6-4-7-17-15-18-8-5-9-19-15/h5,8-11H,4,6-7H2,1-3H3,(H,16,20,21)(H,17,18,19). The Morgan fingerprint density at radius 1 is 1.05 bits per heavy atom. The van der Waals surface area contributed by atoms with E-state index in [1.54, 1.807) is 18.5 Å². The van der Waals surface area contributed by atoms with E-state index in [9.17, 15) is 0 Å². The number of rotatable bonds is 7. The van der Waals surface area contributed by atoms with Crippen molar-refractivity contribution in [3.63, 3.8) is 0 Å². The summed E-state index contributed by atoms with van der Waals surface area (Å²) in [6.07, 6.45) is 4.41. The molecule has 0 aliphatic heterocycles. The third-order valence-electron chi connectivity index (χ3n) is 2.90. The van der Waals surface area contributed by atoms with Crippen LogP contribution in [0.2, 0.25) is 0 Å². The summed E-state index contributed by atoms with van der Waals surface area (Å²) in [5.74, 6) is 2.77. The summed E-state index contributed by atoms with van der Waals surface area (Å²) in [6, 6.07) is 3.77. The monoisotopic (exact) mass is 286 g/mol. The first-order valence-corrected chi connectivity index (χ1v) is 7.25.